The molecule has 1 saturated heterocycles. The van der Waals surface area contributed by atoms with Crippen molar-refractivity contribution in [3.8, 4) is 0 Å². The van der Waals surface area contributed by atoms with Crippen molar-refractivity contribution in [2.75, 3.05) is 24.6 Å². The van der Waals surface area contributed by atoms with E-state index in [2.05, 4.69) is 4.90 Å². The first-order valence-corrected chi connectivity index (χ1v) is 6.89. The molecule has 19 heavy (non-hydrogen) atoms. The van der Waals surface area contributed by atoms with Crippen molar-refractivity contribution in [1.82, 2.24) is 0 Å². The lowest BCUT2D eigenvalue weighted by atomic mass is 10.0. The van der Waals surface area contributed by atoms with E-state index in [1.165, 1.54) is 0 Å². The monoisotopic (exact) mass is 283 g/mol. The Labute approximate surface area is 117 Å². The van der Waals surface area contributed by atoms with E-state index in [1.54, 1.807) is 18.2 Å². The highest BCUT2D eigenvalue weighted by atomic mass is 35.5. The van der Waals surface area contributed by atoms with Crippen molar-refractivity contribution in [2.45, 2.75) is 25.9 Å². The minimum atomic E-state index is -0.926. The zero-order chi connectivity index (χ0) is 13.8. The van der Waals surface area contributed by atoms with Crippen molar-refractivity contribution < 1.29 is 14.6 Å². The molecule has 1 unspecified atom stereocenters. The Bertz CT molecular complexity index is 462. The molecule has 104 valence electrons. The number of hydrogen-bond donors (Lipinski definition) is 1. The van der Waals surface area contributed by atoms with E-state index in [1.807, 2.05) is 6.92 Å². The number of carboxylic acids is 1. The van der Waals surface area contributed by atoms with Crippen LogP contribution >= 0.6 is 11.6 Å². The van der Waals surface area contributed by atoms with E-state index in [0.717, 1.165) is 19.4 Å². The molecule has 0 spiro atoms. The van der Waals surface area contributed by atoms with Gasteiger partial charge in [-0.05, 0) is 38.0 Å². The second-order valence-corrected chi connectivity index (χ2v) is 5.07. The summed E-state index contributed by atoms with van der Waals surface area (Å²) in [6, 6.07) is 4.89. The molecule has 0 bridgehead atoms. The van der Waals surface area contributed by atoms with E-state index >= 15 is 0 Å². The minimum absolute atomic E-state index is 0.166. The van der Waals surface area contributed by atoms with Crippen molar-refractivity contribution >= 4 is 23.3 Å². The minimum Gasteiger partial charge on any atom is -0.478 e. The van der Waals surface area contributed by atoms with Gasteiger partial charge in [0.25, 0.3) is 0 Å². The maximum absolute atomic E-state index is 11.3. The quantitative estimate of drug-likeness (QED) is 0.923. The Morgan fingerprint density at radius 3 is 3.05 bits per heavy atom. The second-order valence-electron chi connectivity index (χ2n) is 4.63. The number of rotatable bonds is 4. The van der Waals surface area contributed by atoms with Crippen LogP contribution in [0.15, 0.2) is 18.2 Å². The number of nitrogens with zero attached hydrogens (tertiary/aromatic N) is 1. The average molecular weight is 284 g/mol. The van der Waals surface area contributed by atoms with Crippen LogP contribution in [0.3, 0.4) is 0 Å². The number of anilines is 1. The van der Waals surface area contributed by atoms with Crippen LogP contribution in [0.5, 0.6) is 0 Å². The summed E-state index contributed by atoms with van der Waals surface area (Å²) >= 11 is 5.99. The lowest BCUT2D eigenvalue weighted by molar-refractivity contribution is 0.0524. The molecule has 0 amide bonds. The fourth-order valence-corrected chi connectivity index (χ4v) is 2.64. The zero-order valence-electron chi connectivity index (χ0n) is 10.9. The fourth-order valence-electron chi connectivity index (χ4n) is 2.48. The van der Waals surface area contributed by atoms with Gasteiger partial charge in [0.05, 0.1) is 17.4 Å². The lowest BCUT2D eigenvalue weighted by Crippen LogP contribution is -2.40. The van der Waals surface area contributed by atoms with Gasteiger partial charge in [-0.15, -0.1) is 0 Å². The molecule has 0 radical (unpaired) electrons. The summed E-state index contributed by atoms with van der Waals surface area (Å²) in [4.78, 5) is 13.3. The number of hydrogen-bond acceptors (Lipinski definition) is 3. The van der Waals surface area contributed by atoms with Crippen LogP contribution < -0.4 is 4.90 Å². The summed E-state index contributed by atoms with van der Waals surface area (Å²) in [6.45, 7) is 4.21. The molecular formula is C14H18ClNO3. The van der Waals surface area contributed by atoms with Crippen LogP contribution in [-0.2, 0) is 4.74 Å². The fraction of sp³-hybridized carbons (Fsp3) is 0.500. The maximum atomic E-state index is 11.3. The van der Waals surface area contributed by atoms with Gasteiger partial charge in [0, 0.05) is 24.7 Å². The van der Waals surface area contributed by atoms with Gasteiger partial charge in [0.1, 0.15) is 0 Å². The summed E-state index contributed by atoms with van der Waals surface area (Å²) < 4.78 is 5.64. The molecule has 1 aromatic rings. The second kappa shape index (κ2) is 6.26. The maximum Gasteiger partial charge on any atom is 0.337 e. The molecule has 1 aliphatic rings. The third-order valence-electron chi connectivity index (χ3n) is 3.31. The van der Waals surface area contributed by atoms with Gasteiger partial charge in [-0.1, -0.05) is 11.6 Å². The number of halogens is 1. The summed E-state index contributed by atoms with van der Waals surface area (Å²) in [7, 11) is 0. The zero-order valence-corrected chi connectivity index (χ0v) is 11.7. The average Bonchev–Trinajstić information content (AvgIpc) is 2.39. The molecule has 1 aliphatic heterocycles. The molecule has 4 nitrogen and oxygen atoms in total. The van der Waals surface area contributed by atoms with E-state index in [4.69, 9.17) is 16.3 Å². The van der Waals surface area contributed by atoms with E-state index in [0.29, 0.717) is 29.4 Å². The molecule has 2 rings (SSSR count). The van der Waals surface area contributed by atoms with Crippen LogP contribution in [0, 0.1) is 0 Å². The Morgan fingerprint density at radius 2 is 2.37 bits per heavy atom. The van der Waals surface area contributed by atoms with Crippen molar-refractivity contribution in [1.29, 1.82) is 0 Å². The van der Waals surface area contributed by atoms with Gasteiger partial charge in [-0.3, -0.25) is 0 Å². The summed E-state index contributed by atoms with van der Waals surface area (Å²) in [5.74, 6) is -0.926. The first-order chi connectivity index (χ1) is 9.11. The number of ether oxygens (including phenoxy) is 1. The van der Waals surface area contributed by atoms with Crippen LogP contribution in [0.4, 0.5) is 5.69 Å². The van der Waals surface area contributed by atoms with Crippen molar-refractivity contribution in [2.24, 2.45) is 0 Å². The largest absolute Gasteiger partial charge is 0.478 e. The Morgan fingerprint density at radius 1 is 1.58 bits per heavy atom. The SMILES string of the molecule is CCOC1CCCN(c2cc(Cl)ccc2C(=O)O)C1. The first kappa shape index (κ1) is 14.2. The normalized spacial score (nSPS) is 19.5. The molecule has 1 heterocycles. The van der Waals surface area contributed by atoms with Crippen molar-refractivity contribution in [3.63, 3.8) is 0 Å². The Hall–Kier alpha value is -1.26. The van der Waals surface area contributed by atoms with Crippen LogP contribution in [-0.4, -0.2) is 36.9 Å². The highest BCUT2D eigenvalue weighted by Gasteiger charge is 2.23. The van der Waals surface area contributed by atoms with Gasteiger partial charge >= 0.3 is 5.97 Å². The predicted octanol–water partition coefficient (Wildman–Crippen LogP) is 3.04. The van der Waals surface area contributed by atoms with Gasteiger partial charge < -0.3 is 14.7 Å². The summed E-state index contributed by atoms with van der Waals surface area (Å²) in [5, 5.41) is 9.81. The van der Waals surface area contributed by atoms with E-state index < -0.39 is 5.97 Å². The molecule has 0 aliphatic carbocycles. The number of benzene rings is 1. The summed E-state index contributed by atoms with van der Waals surface area (Å²) in [6.07, 6.45) is 2.18. The van der Waals surface area contributed by atoms with Crippen LogP contribution in [0.25, 0.3) is 0 Å². The Kier molecular flexibility index (Phi) is 4.66. The van der Waals surface area contributed by atoms with Crippen LogP contribution in [0.1, 0.15) is 30.1 Å². The third kappa shape index (κ3) is 3.39. The molecule has 0 aromatic heterocycles. The van der Waals surface area contributed by atoms with Crippen LogP contribution in [0.2, 0.25) is 5.02 Å². The topological polar surface area (TPSA) is 49.8 Å². The number of carboxylic acid groups (broad SMARTS) is 1. The first-order valence-electron chi connectivity index (χ1n) is 6.51. The highest BCUT2D eigenvalue weighted by molar-refractivity contribution is 6.31. The molecule has 0 saturated carbocycles. The van der Waals surface area contributed by atoms with E-state index in [9.17, 15) is 9.90 Å². The lowest BCUT2D eigenvalue weighted by Gasteiger charge is -2.34. The molecule has 1 atom stereocenters. The molecular weight excluding hydrogens is 266 g/mol. The predicted molar refractivity (Wildman–Crippen MR) is 75.3 cm³/mol. The highest BCUT2D eigenvalue weighted by Crippen LogP contribution is 2.28. The van der Waals surface area contributed by atoms with E-state index in [-0.39, 0.29) is 6.10 Å². The number of aromatic carboxylic acids is 1. The molecule has 1 fully saturated rings. The Balaban J connectivity index is 2.24. The standard InChI is InChI=1S/C14H18ClNO3/c1-2-19-11-4-3-7-16(9-11)13-8-10(15)5-6-12(13)14(17)18/h5-6,8,11H,2-4,7,9H2,1H3,(H,17,18). The third-order valence-corrected chi connectivity index (χ3v) is 3.55. The number of carbonyl (C=O) groups is 1. The molecule has 1 N–H and O–H groups in total. The molecule has 1 aromatic carbocycles. The molecule has 5 heteroatoms. The summed E-state index contributed by atoms with van der Waals surface area (Å²) in [5.41, 5.74) is 0.978. The van der Waals surface area contributed by atoms with Gasteiger partial charge in [0.15, 0.2) is 0 Å². The van der Waals surface area contributed by atoms with Gasteiger partial charge in [-0.2, -0.15) is 0 Å². The van der Waals surface area contributed by atoms with Gasteiger partial charge in [-0.25, -0.2) is 4.79 Å². The van der Waals surface area contributed by atoms with Crippen molar-refractivity contribution in [3.05, 3.63) is 28.8 Å². The smallest absolute Gasteiger partial charge is 0.337 e. The van der Waals surface area contributed by atoms with Gasteiger partial charge in [0.2, 0.25) is 0 Å². The number of piperidine rings is 1.